The summed E-state index contributed by atoms with van der Waals surface area (Å²) in [5.74, 6) is 1.62. The van der Waals surface area contributed by atoms with Gasteiger partial charge in [-0.2, -0.15) is 0 Å². The number of aliphatic hydroxyl groups excluding tert-OH is 1. The zero-order chi connectivity index (χ0) is 13.9. The van der Waals surface area contributed by atoms with Crippen molar-refractivity contribution in [1.29, 1.82) is 0 Å². The smallest absolute Gasteiger partial charge is 0.127 e. The van der Waals surface area contributed by atoms with Gasteiger partial charge in [-0.05, 0) is 30.7 Å². The summed E-state index contributed by atoms with van der Waals surface area (Å²) in [5, 5.41) is 10.2. The number of para-hydroxylation sites is 1. The molecule has 0 saturated carbocycles. The second-order valence-electron chi connectivity index (χ2n) is 4.90. The Balaban J connectivity index is 1.82. The van der Waals surface area contributed by atoms with E-state index in [2.05, 4.69) is 0 Å². The summed E-state index contributed by atoms with van der Waals surface area (Å²) in [6.45, 7) is 2.62. The molecule has 20 heavy (non-hydrogen) atoms. The van der Waals surface area contributed by atoms with E-state index < -0.39 is 6.10 Å². The molecule has 1 aliphatic rings. The predicted molar refractivity (Wildman–Crippen MR) is 77.0 cm³/mol. The third-order valence-corrected chi connectivity index (χ3v) is 3.55. The molecule has 2 aromatic carbocycles. The van der Waals surface area contributed by atoms with E-state index in [4.69, 9.17) is 9.47 Å². The fourth-order valence-corrected chi connectivity index (χ4v) is 2.54. The molecular formula is C17H18O3. The molecule has 0 saturated heterocycles. The largest absolute Gasteiger partial charge is 0.494 e. The van der Waals surface area contributed by atoms with Crippen molar-refractivity contribution in [2.75, 3.05) is 6.61 Å². The highest BCUT2D eigenvalue weighted by molar-refractivity contribution is 5.39. The van der Waals surface area contributed by atoms with Gasteiger partial charge in [0.25, 0.3) is 0 Å². The Labute approximate surface area is 118 Å². The van der Waals surface area contributed by atoms with Crippen LogP contribution in [-0.2, 0) is 0 Å². The van der Waals surface area contributed by atoms with Gasteiger partial charge in [0, 0.05) is 12.0 Å². The van der Waals surface area contributed by atoms with E-state index in [-0.39, 0.29) is 6.10 Å². The van der Waals surface area contributed by atoms with Crippen LogP contribution in [-0.4, -0.2) is 11.7 Å². The second kappa shape index (κ2) is 5.55. The first-order valence-corrected chi connectivity index (χ1v) is 6.94. The quantitative estimate of drug-likeness (QED) is 0.925. The van der Waals surface area contributed by atoms with Crippen LogP contribution >= 0.6 is 0 Å². The number of rotatable bonds is 3. The number of ether oxygens (including phenoxy) is 2. The Bertz CT molecular complexity index is 577. The maximum absolute atomic E-state index is 10.2. The Morgan fingerprint density at radius 2 is 1.90 bits per heavy atom. The molecule has 0 aromatic heterocycles. The number of benzene rings is 2. The predicted octanol–water partition coefficient (Wildman–Crippen LogP) is 3.64. The molecule has 0 bridgehead atoms. The standard InChI is InChI=1S/C17H18O3/c1-2-19-13-9-7-12(8-10-13)17-11-15(18)14-5-3-4-6-16(14)20-17/h3-10,15,17-18H,2,11H2,1H3. The second-order valence-corrected chi connectivity index (χ2v) is 4.90. The van der Waals surface area contributed by atoms with Gasteiger partial charge in [-0.3, -0.25) is 0 Å². The summed E-state index contributed by atoms with van der Waals surface area (Å²) in [5.41, 5.74) is 1.93. The van der Waals surface area contributed by atoms with Gasteiger partial charge in [-0.25, -0.2) is 0 Å². The molecule has 2 atom stereocenters. The number of hydrogen-bond acceptors (Lipinski definition) is 3. The van der Waals surface area contributed by atoms with Crippen LogP contribution < -0.4 is 9.47 Å². The van der Waals surface area contributed by atoms with Crippen molar-refractivity contribution in [3.8, 4) is 11.5 Å². The molecule has 3 rings (SSSR count). The Morgan fingerprint density at radius 3 is 2.65 bits per heavy atom. The molecule has 3 heteroatoms. The Morgan fingerprint density at radius 1 is 1.15 bits per heavy atom. The van der Waals surface area contributed by atoms with Gasteiger partial charge in [0.1, 0.15) is 17.6 Å². The van der Waals surface area contributed by atoms with E-state index in [1.165, 1.54) is 0 Å². The molecule has 0 radical (unpaired) electrons. The van der Waals surface area contributed by atoms with Gasteiger partial charge in [0.05, 0.1) is 12.7 Å². The lowest BCUT2D eigenvalue weighted by molar-refractivity contribution is 0.0657. The molecular weight excluding hydrogens is 252 g/mol. The van der Waals surface area contributed by atoms with Crippen LogP contribution in [0, 0.1) is 0 Å². The SMILES string of the molecule is CCOc1ccc(C2CC(O)c3ccccc3O2)cc1. The van der Waals surface area contributed by atoms with Crippen LogP contribution in [0.1, 0.15) is 36.7 Å². The van der Waals surface area contributed by atoms with Crippen molar-refractivity contribution in [2.45, 2.75) is 25.6 Å². The maximum Gasteiger partial charge on any atom is 0.127 e. The lowest BCUT2D eigenvalue weighted by atomic mass is 9.95. The fraction of sp³-hybridized carbons (Fsp3) is 0.294. The van der Waals surface area contributed by atoms with Gasteiger partial charge < -0.3 is 14.6 Å². The van der Waals surface area contributed by atoms with E-state index in [1.54, 1.807) is 0 Å². The minimum absolute atomic E-state index is 0.115. The zero-order valence-electron chi connectivity index (χ0n) is 11.5. The first-order chi connectivity index (χ1) is 9.78. The van der Waals surface area contributed by atoms with Gasteiger partial charge in [0.2, 0.25) is 0 Å². The van der Waals surface area contributed by atoms with Gasteiger partial charge in [-0.15, -0.1) is 0 Å². The molecule has 0 spiro atoms. The van der Waals surface area contributed by atoms with Crippen LogP contribution in [0.3, 0.4) is 0 Å². The summed E-state index contributed by atoms with van der Waals surface area (Å²) < 4.78 is 11.4. The lowest BCUT2D eigenvalue weighted by Crippen LogP contribution is -2.18. The van der Waals surface area contributed by atoms with Crippen LogP contribution in [0.4, 0.5) is 0 Å². The van der Waals surface area contributed by atoms with E-state index in [0.29, 0.717) is 13.0 Å². The molecule has 0 amide bonds. The average Bonchev–Trinajstić information content (AvgIpc) is 2.48. The third-order valence-electron chi connectivity index (χ3n) is 3.55. The summed E-state index contributed by atoms with van der Waals surface area (Å²) in [4.78, 5) is 0. The topological polar surface area (TPSA) is 38.7 Å². The molecule has 2 unspecified atom stereocenters. The van der Waals surface area contributed by atoms with Crippen molar-refractivity contribution in [3.63, 3.8) is 0 Å². The first-order valence-electron chi connectivity index (χ1n) is 6.94. The van der Waals surface area contributed by atoms with Crippen LogP contribution in [0.2, 0.25) is 0 Å². The summed E-state index contributed by atoms with van der Waals surface area (Å²) in [6, 6.07) is 15.5. The van der Waals surface area contributed by atoms with Crippen molar-refractivity contribution in [1.82, 2.24) is 0 Å². The van der Waals surface area contributed by atoms with Crippen LogP contribution in [0.15, 0.2) is 48.5 Å². The van der Waals surface area contributed by atoms with Gasteiger partial charge >= 0.3 is 0 Å². The van der Waals surface area contributed by atoms with Gasteiger partial charge in [-0.1, -0.05) is 30.3 Å². The number of hydrogen-bond donors (Lipinski definition) is 1. The summed E-state index contributed by atoms with van der Waals surface area (Å²) >= 11 is 0. The highest BCUT2D eigenvalue weighted by Gasteiger charge is 2.27. The highest BCUT2D eigenvalue weighted by Crippen LogP contribution is 2.40. The van der Waals surface area contributed by atoms with Crippen molar-refractivity contribution in [2.24, 2.45) is 0 Å². The Kier molecular flexibility index (Phi) is 3.61. The van der Waals surface area contributed by atoms with E-state index in [1.807, 2.05) is 55.5 Å². The summed E-state index contributed by atoms with van der Waals surface area (Å²) in [7, 11) is 0. The zero-order valence-corrected chi connectivity index (χ0v) is 11.5. The van der Waals surface area contributed by atoms with E-state index >= 15 is 0 Å². The molecule has 1 heterocycles. The molecule has 3 nitrogen and oxygen atoms in total. The molecule has 1 N–H and O–H groups in total. The van der Waals surface area contributed by atoms with E-state index in [0.717, 1.165) is 22.6 Å². The lowest BCUT2D eigenvalue weighted by Gasteiger charge is -2.29. The van der Waals surface area contributed by atoms with Crippen molar-refractivity contribution < 1.29 is 14.6 Å². The van der Waals surface area contributed by atoms with Crippen molar-refractivity contribution in [3.05, 3.63) is 59.7 Å². The molecule has 1 aliphatic heterocycles. The fourth-order valence-electron chi connectivity index (χ4n) is 2.54. The average molecular weight is 270 g/mol. The number of aliphatic hydroxyl groups is 1. The van der Waals surface area contributed by atoms with E-state index in [9.17, 15) is 5.11 Å². The minimum Gasteiger partial charge on any atom is -0.494 e. The minimum atomic E-state index is -0.475. The summed E-state index contributed by atoms with van der Waals surface area (Å²) in [6.07, 6.45) is -0.0163. The first kappa shape index (κ1) is 13.0. The highest BCUT2D eigenvalue weighted by atomic mass is 16.5. The maximum atomic E-state index is 10.2. The van der Waals surface area contributed by atoms with Gasteiger partial charge in [0.15, 0.2) is 0 Å². The normalized spacial score (nSPS) is 20.9. The third kappa shape index (κ3) is 2.49. The Hall–Kier alpha value is -2.00. The molecule has 0 aliphatic carbocycles. The number of fused-ring (bicyclic) bond motifs is 1. The van der Waals surface area contributed by atoms with Crippen LogP contribution in [0.25, 0.3) is 0 Å². The monoisotopic (exact) mass is 270 g/mol. The molecule has 0 fully saturated rings. The van der Waals surface area contributed by atoms with Crippen LogP contribution in [0.5, 0.6) is 11.5 Å². The molecule has 2 aromatic rings. The van der Waals surface area contributed by atoms with Crippen molar-refractivity contribution >= 4 is 0 Å². The molecule has 104 valence electrons.